The average Bonchev–Trinajstić information content (AvgIpc) is 3.13. The molecule has 28 heavy (non-hydrogen) atoms. The van der Waals surface area contributed by atoms with Crippen molar-refractivity contribution in [3.63, 3.8) is 0 Å². The number of rotatable bonds is 5. The summed E-state index contributed by atoms with van der Waals surface area (Å²) in [6, 6.07) is 16.5. The molecule has 0 aliphatic heterocycles. The zero-order chi connectivity index (χ0) is 19.7. The summed E-state index contributed by atoms with van der Waals surface area (Å²) < 4.78 is 1.84. The molecule has 0 fully saturated rings. The number of hydrogen-bond acceptors (Lipinski definition) is 4. The third-order valence-electron chi connectivity index (χ3n) is 4.84. The summed E-state index contributed by atoms with van der Waals surface area (Å²) in [6.45, 7) is 7.15. The number of nitrogens with zero attached hydrogens (tertiary/aromatic N) is 5. The van der Waals surface area contributed by atoms with Gasteiger partial charge in [-0.15, -0.1) is 0 Å². The molecule has 0 saturated carbocycles. The quantitative estimate of drug-likeness (QED) is 0.469. The van der Waals surface area contributed by atoms with Gasteiger partial charge < -0.3 is 4.90 Å². The number of anilines is 1. The van der Waals surface area contributed by atoms with E-state index in [9.17, 15) is 0 Å². The van der Waals surface area contributed by atoms with Crippen LogP contribution in [0, 0.1) is 6.92 Å². The van der Waals surface area contributed by atoms with Gasteiger partial charge in [0.1, 0.15) is 12.1 Å². The third-order valence-corrected chi connectivity index (χ3v) is 5.07. The normalized spacial score (nSPS) is 11.3. The summed E-state index contributed by atoms with van der Waals surface area (Å²) in [4.78, 5) is 11.4. The average molecular weight is 392 g/mol. The van der Waals surface area contributed by atoms with Crippen molar-refractivity contribution in [3.05, 3.63) is 77.2 Å². The van der Waals surface area contributed by atoms with E-state index in [1.807, 2.05) is 42.1 Å². The molecule has 2 aromatic heterocycles. The van der Waals surface area contributed by atoms with Crippen molar-refractivity contribution >= 4 is 28.5 Å². The lowest BCUT2D eigenvalue weighted by atomic mass is 10.2. The van der Waals surface area contributed by atoms with E-state index in [2.05, 4.69) is 58.1 Å². The minimum atomic E-state index is 0.273. The highest BCUT2D eigenvalue weighted by atomic mass is 35.5. The van der Waals surface area contributed by atoms with Crippen molar-refractivity contribution in [2.45, 2.75) is 33.4 Å². The van der Waals surface area contributed by atoms with Crippen LogP contribution >= 0.6 is 11.6 Å². The molecule has 0 spiro atoms. The van der Waals surface area contributed by atoms with Crippen LogP contribution in [0.4, 0.5) is 5.82 Å². The van der Waals surface area contributed by atoms with Crippen molar-refractivity contribution in [2.24, 2.45) is 0 Å². The number of benzene rings is 2. The molecule has 6 heteroatoms. The van der Waals surface area contributed by atoms with Crippen molar-refractivity contribution in [1.82, 2.24) is 19.7 Å². The molecular weight excluding hydrogens is 370 g/mol. The van der Waals surface area contributed by atoms with Gasteiger partial charge in [0.05, 0.1) is 17.3 Å². The van der Waals surface area contributed by atoms with Crippen LogP contribution in [0.5, 0.6) is 0 Å². The molecular formula is C22H22ClN5. The summed E-state index contributed by atoms with van der Waals surface area (Å²) in [7, 11) is 0. The van der Waals surface area contributed by atoms with Crippen LogP contribution in [0.2, 0.25) is 5.02 Å². The van der Waals surface area contributed by atoms with Gasteiger partial charge in [-0.05, 0) is 44.0 Å². The lowest BCUT2D eigenvalue weighted by Gasteiger charge is -2.28. The lowest BCUT2D eigenvalue weighted by Crippen LogP contribution is -2.31. The Bertz CT molecular complexity index is 1100. The van der Waals surface area contributed by atoms with Crippen molar-refractivity contribution in [2.75, 3.05) is 4.90 Å². The maximum absolute atomic E-state index is 6.22. The topological polar surface area (TPSA) is 46.8 Å². The Kier molecular flexibility index (Phi) is 5.01. The summed E-state index contributed by atoms with van der Waals surface area (Å²) in [5.41, 5.74) is 4.01. The molecule has 0 saturated heterocycles. The van der Waals surface area contributed by atoms with Gasteiger partial charge in [-0.1, -0.05) is 48.0 Å². The molecule has 5 nitrogen and oxygen atoms in total. The predicted molar refractivity (Wildman–Crippen MR) is 114 cm³/mol. The van der Waals surface area contributed by atoms with Crippen LogP contribution in [0.15, 0.2) is 61.1 Å². The van der Waals surface area contributed by atoms with Crippen molar-refractivity contribution in [3.8, 4) is 5.69 Å². The van der Waals surface area contributed by atoms with Gasteiger partial charge in [0.25, 0.3) is 0 Å². The maximum atomic E-state index is 6.22. The van der Waals surface area contributed by atoms with Crippen LogP contribution in [0.3, 0.4) is 0 Å². The van der Waals surface area contributed by atoms with Gasteiger partial charge in [-0.25, -0.2) is 14.6 Å². The third kappa shape index (κ3) is 3.45. The SMILES string of the molecule is Cc1ccc(Cl)cc1-n1ncc2c(N(Cc3ccccc3)C(C)C)ncnc21. The van der Waals surface area contributed by atoms with E-state index >= 15 is 0 Å². The molecule has 0 aliphatic carbocycles. The van der Waals surface area contributed by atoms with Gasteiger partial charge in [-0.2, -0.15) is 5.10 Å². The largest absolute Gasteiger partial charge is 0.349 e. The summed E-state index contributed by atoms with van der Waals surface area (Å²) >= 11 is 6.22. The van der Waals surface area contributed by atoms with E-state index in [1.165, 1.54) is 5.56 Å². The fourth-order valence-corrected chi connectivity index (χ4v) is 3.50. The van der Waals surface area contributed by atoms with Gasteiger partial charge in [0.15, 0.2) is 5.65 Å². The van der Waals surface area contributed by atoms with Gasteiger partial charge in [0, 0.05) is 17.6 Å². The molecule has 0 aliphatic rings. The van der Waals surface area contributed by atoms with Crippen LogP contribution < -0.4 is 4.90 Å². The molecule has 142 valence electrons. The number of aryl methyl sites for hydroxylation is 1. The van der Waals surface area contributed by atoms with Crippen LogP contribution in [0.25, 0.3) is 16.7 Å². The Labute approximate surface area is 169 Å². The predicted octanol–water partition coefficient (Wildman–Crippen LogP) is 5.19. The molecule has 0 unspecified atom stereocenters. The highest BCUT2D eigenvalue weighted by Gasteiger charge is 2.19. The number of halogens is 1. The van der Waals surface area contributed by atoms with E-state index in [0.29, 0.717) is 5.02 Å². The van der Waals surface area contributed by atoms with Crippen LogP contribution in [0.1, 0.15) is 25.0 Å². The molecule has 4 aromatic rings. The monoisotopic (exact) mass is 391 g/mol. The van der Waals surface area contributed by atoms with Crippen LogP contribution in [-0.4, -0.2) is 25.8 Å². The zero-order valence-electron chi connectivity index (χ0n) is 16.2. The second kappa shape index (κ2) is 7.60. The molecule has 0 atom stereocenters. The zero-order valence-corrected chi connectivity index (χ0v) is 16.9. The molecule has 0 bridgehead atoms. The van der Waals surface area contributed by atoms with Crippen molar-refractivity contribution in [1.29, 1.82) is 0 Å². The number of aromatic nitrogens is 4. The first-order valence-electron chi connectivity index (χ1n) is 9.30. The van der Waals surface area contributed by atoms with Gasteiger partial charge >= 0.3 is 0 Å². The Morgan fingerprint density at radius 2 is 1.86 bits per heavy atom. The second-order valence-electron chi connectivity index (χ2n) is 7.13. The standard InChI is InChI=1S/C22H22ClN5/c1-15(2)27(13-17-7-5-4-6-8-17)21-19-12-26-28(22(19)25-14-24-21)20-11-18(23)10-9-16(20)3/h4-12,14-15H,13H2,1-3H3. The van der Waals surface area contributed by atoms with E-state index in [0.717, 1.165) is 34.6 Å². The second-order valence-corrected chi connectivity index (χ2v) is 7.57. The molecule has 2 heterocycles. The Balaban J connectivity index is 1.82. The first-order chi connectivity index (χ1) is 13.5. The van der Waals surface area contributed by atoms with E-state index in [1.54, 1.807) is 6.33 Å². The highest BCUT2D eigenvalue weighted by molar-refractivity contribution is 6.30. The first kappa shape index (κ1) is 18.4. The fraction of sp³-hybridized carbons (Fsp3) is 0.227. The molecule has 4 rings (SSSR count). The van der Waals surface area contributed by atoms with E-state index in [4.69, 9.17) is 11.6 Å². The Morgan fingerprint density at radius 3 is 2.61 bits per heavy atom. The van der Waals surface area contributed by atoms with E-state index < -0.39 is 0 Å². The Hall–Kier alpha value is -2.92. The highest BCUT2D eigenvalue weighted by Crippen LogP contribution is 2.29. The molecule has 0 radical (unpaired) electrons. The van der Waals surface area contributed by atoms with Gasteiger partial charge in [0.2, 0.25) is 0 Å². The van der Waals surface area contributed by atoms with E-state index in [-0.39, 0.29) is 6.04 Å². The van der Waals surface area contributed by atoms with Crippen molar-refractivity contribution < 1.29 is 0 Å². The Morgan fingerprint density at radius 1 is 1.07 bits per heavy atom. The first-order valence-corrected chi connectivity index (χ1v) is 9.68. The molecule has 0 amide bonds. The molecule has 0 N–H and O–H groups in total. The summed E-state index contributed by atoms with van der Waals surface area (Å²) in [5, 5.41) is 6.20. The summed E-state index contributed by atoms with van der Waals surface area (Å²) in [5.74, 6) is 0.884. The minimum absolute atomic E-state index is 0.273. The fourth-order valence-electron chi connectivity index (χ4n) is 3.33. The summed E-state index contributed by atoms with van der Waals surface area (Å²) in [6.07, 6.45) is 3.45. The van der Waals surface area contributed by atoms with Gasteiger partial charge in [-0.3, -0.25) is 0 Å². The number of fused-ring (bicyclic) bond motifs is 1. The van der Waals surface area contributed by atoms with Crippen LogP contribution in [-0.2, 0) is 6.54 Å². The smallest absolute Gasteiger partial charge is 0.168 e. The number of hydrogen-bond donors (Lipinski definition) is 0. The minimum Gasteiger partial charge on any atom is -0.349 e. The maximum Gasteiger partial charge on any atom is 0.168 e. The molecule has 2 aromatic carbocycles. The lowest BCUT2D eigenvalue weighted by molar-refractivity contribution is 0.674.